The molecule has 0 aliphatic carbocycles. The number of benzene rings is 1. The predicted molar refractivity (Wildman–Crippen MR) is 70.5 cm³/mol. The van der Waals surface area contributed by atoms with Gasteiger partial charge in [0.15, 0.2) is 0 Å². The van der Waals surface area contributed by atoms with Gasteiger partial charge in [-0.25, -0.2) is 0 Å². The number of aryl methyl sites for hydroxylation is 1. The molecule has 0 bridgehead atoms. The maximum Gasteiger partial charge on any atom is 0.134 e. The Balaban J connectivity index is 2.03. The van der Waals surface area contributed by atoms with E-state index in [1.165, 1.54) is 0 Å². The van der Waals surface area contributed by atoms with E-state index in [1.807, 2.05) is 37.5 Å². The summed E-state index contributed by atoms with van der Waals surface area (Å²) in [5, 5.41) is 5.91. The van der Waals surface area contributed by atoms with Gasteiger partial charge in [-0.2, -0.15) is 5.10 Å². The van der Waals surface area contributed by atoms with E-state index >= 15 is 0 Å². The first-order valence-electron chi connectivity index (χ1n) is 5.57. The summed E-state index contributed by atoms with van der Waals surface area (Å²) in [5.41, 5.74) is 7.69. The fourth-order valence-electron chi connectivity index (χ4n) is 1.93. The molecule has 0 saturated carbocycles. The van der Waals surface area contributed by atoms with Crippen LogP contribution in [0.25, 0.3) is 11.0 Å². The van der Waals surface area contributed by atoms with E-state index in [9.17, 15) is 0 Å². The molecule has 0 aliphatic rings. The van der Waals surface area contributed by atoms with Crippen molar-refractivity contribution < 1.29 is 4.42 Å². The normalized spacial score (nSPS) is 13.1. The first-order chi connectivity index (χ1) is 8.63. The Morgan fingerprint density at radius 2 is 2.17 bits per heavy atom. The molecule has 0 spiro atoms. The molecule has 92 valence electrons. The Bertz CT molecular complexity index is 701. The minimum atomic E-state index is -0.364. The molecule has 2 N–H and O–H groups in total. The highest BCUT2D eigenvalue weighted by Gasteiger charge is 2.16. The third-order valence-electron chi connectivity index (χ3n) is 2.86. The molecule has 0 aliphatic heterocycles. The summed E-state index contributed by atoms with van der Waals surface area (Å²) in [6.07, 6.45) is 1.86. The summed E-state index contributed by atoms with van der Waals surface area (Å²) in [6.45, 7) is 0. The summed E-state index contributed by atoms with van der Waals surface area (Å²) in [7, 11) is 1.86. The molecular weight excluding hydrogens is 250 g/mol. The molecule has 18 heavy (non-hydrogen) atoms. The summed E-state index contributed by atoms with van der Waals surface area (Å²) in [5.74, 6) is 0.686. The third kappa shape index (κ3) is 1.89. The van der Waals surface area contributed by atoms with E-state index in [1.54, 1.807) is 10.7 Å². The van der Waals surface area contributed by atoms with Gasteiger partial charge in [-0.15, -0.1) is 0 Å². The quantitative estimate of drug-likeness (QED) is 0.772. The minimum Gasteiger partial charge on any atom is -0.459 e. The molecule has 3 rings (SSSR count). The Morgan fingerprint density at radius 1 is 1.33 bits per heavy atom. The van der Waals surface area contributed by atoms with Gasteiger partial charge in [-0.05, 0) is 30.3 Å². The SMILES string of the molecule is Cn1ccc(C(N)c2cc3cc(Cl)ccc3o2)n1. The fraction of sp³-hybridized carbons (Fsp3) is 0.154. The molecule has 1 unspecified atom stereocenters. The average molecular weight is 262 g/mol. The maximum absolute atomic E-state index is 6.13. The van der Waals surface area contributed by atoms with Crippen molar-refractivity contribution in [1.82, 2.24) is 9.78 Å². The Labute approximate surface area is 109 Å². The van der Waals surface area contributed by atoms with Crippen LogP contribution in [0.1, 0.15) is 17.5 Å². The molecular formula is C13H12ClN3O. The average Bonchev–Trinajstić information content (AvgIpc) is 2.93. The summed E-state index contributed by atoms with van der Waals surface area (Å²) >= 11 is 5.94. The van der Waals surface area contributed by atoms with Crippen LogP contribution < -0.4 is 5.73 Å². The number of hydrogen-bond acceptors (Lipinski definition) is 3. The van der Waals surface area contributed by atoms with E-state index < -0.39 is 0 Å². The van der Waals surface area contributed by atoms with Gasteiger partial charge in [0.25, 0.3) is 0 Å². The number of aromatic nitrogens is 2. The zero-order chi connectivity index (χ0) is 12.7. The van der Waals surface area contributed by atoms with E-state index in [2.05, 4.69) is 5.10 Å². The standard InChI is InChI=1S/C13H12ClN3O/c1-17-5-4-10(16-17)13(15)12-7-8-6-9(14)2-3-11(8)18-12/h2-7,13H,15H2,1H3. The molecule has 1 aromatic carbocycles. The largest absolute Gasteiger partial charge is 0.459 e. The monoisotopic (exact) mass is 261 g/mol. The topological polar surface area (TPSA) is 57.0 Å². The molecule has 0 radical (unpaired) electrons. The van der Waals surface area contributed by atoms with Crippen LogP contribution >= 0.6 is 11.6 Å². The molecule has 0 amide bonds. The molecule has 5 heteroatoms. The van der Waals surface area contributed by atoms with Crippen molar-refractivity contribution in [3.63, 3.8) is 0 Å². The van der Waals surface area contributed by atoms with E-state index in [4.69, 9.17) is 21.8 Å². The highest BCUT2D eigenvalue weighted by molar-refractivity contribution is 6.31. The highest BCUT2D eigenvalue weighted by atomic mass is 35.5. The summed E-state index contributed by atoms with van der Waals surface area (Å²) < 4.78 is 7.43. The molecule has 0 saturated heterocycles. The van der Waals surface area contributed by atoms with Crippen LogP contribution in [0.2, 0.25) is 5.02 Å². The van der Waals surface area contributed by atoms with Crippen molar-refractivity contribution in [1.29, 1.82) is 0 Å². The van der Waals surface area contributed by atoms with Crippen molar-refractivity contribution >= 4 is 22.6 Å². The van der Waals surface area contributed by atoms with E-state index in [0.717, 1.165) is 16.7 Å². The molecule has 3 aromatic rings. The van der Waals surface area contributed by atoms with Gasteiger partial charge in [-0.3, -0.25) is 4.68 Å². The third-order valence-corrected chi connectivity index (χ3v) is 3.09. The fourth-order valence-corrected chi connectivity index (χ4v) is 2.11. The molecule has 2 heterocycles. The number of halogens is 1. The van der Waals surface area contributed by atoms with Crippen LogP contribution in [0, 0.1) is 0 Å². The van der Waals surface area contributed by atoms with Crippen LogP contribution in [0.3, 0.4) is 0 Å². The number of nitrogens with two attached hydrogens (primary N) is 1. The molecule has 4 nitrogen and oxygen atoms in total. The summed E-state index contributed by atoms with van der Waals surface area (Å²) in [6, 6.07) is 8.91. The van der Waals surface area contributed by atoms with Gasteiger partial charge in [0.05, 0.1) is 5.69 Å². The summed E-state index contributed by atoms with van der Waals surface area (Å²) in [4.78, 5) is 0. The zero-order valence-electron chi connectivity index (χ0n) is 9.80. The number of nitrogens with zero attached hydrogens (tertiary/aromatic N) is 2. The number of fused-ring (bicyclic) bond motifs is 1. The second-order valence-electron chi connectivity index (χ2n) is 4.22. The van der Waals surface area contributed by atoms with E-state index in [0.29, 0.717) is 10.8 Å². The van der Waals surface area contributed by atoms with Crippen LogP contribution in [0.5, 0.6) is 0 Å². The minimum absolute atomic E-state index is 0.364. The number of rotatable bonds is 2. The van der Waals surface area contributed by atoms with Gasteiger partial charge < -0.3 is 10.2 Å². The Morgan fingerprint density at radius 3 is 2.89 bits per heavy atom. The molecule has 1 atom stereocenters. The Hall–Kier alpha value is -1.78. The highest BCUT2D eigenvalue weighted by Crippen LogP contribution is 2.27. The number of furan rings is 1. The van der Waals surface area contributed by atoms with Gasteiger partial charge in [0.1, 0.15) is 17.4 Å². The molecule has 0 fully saturated rings. The Kier molecular flexibility index (Phi) is 2.61. The lowest BCUT2D eigenvalue weighted by atomic mass is 10.1. The van der Waals surface area contributed by atoms with Crippen LogP contribution in [0.4, 0.5) is 0 Å². The second-order valence-corrected chi connectivity index (χ2v) is 4.66. The zero-order valence-corrected chi connectivity index (χ0v) is 10.6. The smallest absolute Gasteiger partial charge is 0.134 e. The van der Waals surface area contributed by atoms with Crippen molar-refractivity contribution in [2.24, 2.45) is 12.8 Å². The van der Waals surface area contributed by atoms with Crippen molar-refractivity contribution in [2.45, 2.75) is 6.04 Å². The van der Waals surface area contributed by atoms with Crippen molar-refractivity contribution in [3.05, 3.63) is 53.0 Å². The van der Waals surface area contributed by atoms with Gasteiger partial charge >= 0.3 is 0 Å². The van der Waals surface area contributed by atoms with E-state index in [-0.39, 0.29) is 6.04 Å². The second kappa shape index (κ2) is 4.15. The predicted octanol–water partition coefficient (Wildman–Crippen LogP) is 2.87. The van der Waals surface area contributed by atoms with Crippen molar-refractivity contribution in [2.75, 3.05) is 0 Å². The maximum atomic E-state index is 6.13. The van der Waals surface area contributed by atoms with Gasteiger partial charge in [-0.1, -0.05) is 11.6 Å². The van der Waals surface area contributed by atoms with Gasteiger partial charge in [0, 0.05) is 23.7 Å². The molecule has 2 aromatic heterocycles. The van der Waals surface area contributed by atoms with Gasteiger partial charge in [0.2, 0.25) is 0 Å². The van der Waals surface area contributed by atoms with Crippen LogP contribution in [0.15, 0.2) is 40.9 Å². The lowest BCUT2D eigenvalue weighted by Crippen LogP contribution is -2.11. The van der Waals surface area contributed by atoms with Crippen LogP contribution in [-0.2, 0) is 7.05 Å². The first-order valence-corrected chi connectivity index (χ1v) is 5.95. The lowest BCUT2D eigenvalue weighted by Gasteiger charge is -2.03. The number of hydrogen-bond donors (Lipinski definition) is 1. The van der Waals surface area contributed by atoms with Crippen molar-refractivity contribution in [3.8, 4) is 0 Å². The van der Waals surface area contributed by atoms with Crippen LogP contribution in [-0.4, -0.2) is 9.78 Å². The first kappa shape index (κ1) is 11.3. The lowest BCUT2D eigenvalue weighted by molar-refractivity contribution is 0.518.